The molecule has 0 aliphatic carbocycles. The van der Waals surface area contributed by atoms with E-state index in [1.54, 1.807) is 24.3 Å². The van der Waals surface area contributed by atoms with Gasteiger partial charge < -0.3 is 0 Å². The highest BCUT2D eigenvalue weighted by Gasteiger charge is 2.24. The van der Waals surface area contributed by atoms with Crippen molar-refractivity contribution >= 4 is 34.7 Å². The lowest BCUT2D eigenvalue weighted by atomic mass is 10.1. The molecule has 2 aliphatic heterocycles. The molecule has 0 bridgehead atoms. The Bertz CT molecular complexity index is 590. The SMILES string of the molecule is FC1=CC=CC2=Nc3cc(Cl)cc(Cl)c3CN12. The van der Waals surface area contributed by atoms with Gasteiger partial charge in [-0.3, -0.25) is 4.90 Å². The standard InChI is InChI=1S/C12H7Cl2FN2/c13-7-4-9(14)8-6-17-11(15)2-1-3-12(17)16-10(8)5-7/h1-5H,6H2. The predicted octanol–water partition coefficient (Wildman–Crippen LogP) is 4.22. The second kappa shape index (κ2) is 3.86. The zero-order valence-corrected chi connectivity index (χ0v) is 10.1. The Hall–Kier alpha value is -1.32. The van der Waals surface area contributed by atoms with Crippen LogP contribution in [0.2, 0.25) is 10.0 Å². The van der Waals surface area contributed by atoms with Gasteiger partial charge >= 0.3 is 0 Å². The first-order valence-electron chi connectivity index (χ1n) is 5.03. The van der Waals surface area contributed by atoms with E-state index in [0.29, 0.717) is 28.1 Å². The Balaban J connectivity index is 2.17. The molecule has 0 aromatic heterocycles. The maximum absolute atomic E-state index is 13.6. The van der Waals surface area contributed by atoms with Gasteiger partial charge in [0.1, 0.15) is 5.84 Å². The molecule has 2 aliphatic rings. The summed E-state index contributed by atoms with van der Waals surface area (Å²) in [6, 6.07) is 3.38. The van der Waals surface area contributed by atoms with Crippen molar-refractivity contribution in [1.82, 2.24) is 4.90 Å². The van der Waals surface area contributed by atoms with Gasteiger partial charge in [-0.1, -0.05) is 29.3 Å². The molecule has 0 unspecified atom stereocenters. The van der Waals surface area contributed by atoms with E-state index in [2.05, 4.69) is 4.99 Å². The Morgan fingerprint density at radius 3 is 2.94 bits per heavy atom. The van der Waals surface area contributed by atoms with Crippen LogP contribution in [0.15, 0.2) is 41.3 Å². The summed E-state index contributed by atoms with van der Waals surface area (Å²) < 4.78 is 13.6. The molecule has 0 saturated carbocycles. The quantitative estimate of drug-likeness (QED) is 0.644. The highest BCUT2D eigenvalue weighted by molar-refractivity contribution is 6.35. The van der Waals surface area contributed by atoms with Crippen LogP contribution in [0.3, 0.4) is 0 Å². The first kappa shape index (κ1) is 10.8. The average Bonchev–Trinajstić information content (AvgIpc) is 2.27. The van der Waals surface area contributed by atoms with E-state index in [9.17, 15) is 4.39 Å². The Kier molecular flexibility index (Phi) is 2.45. The van der Waals surface area contributed by atoms with Crippen molar-refractivity contribution in [3.8, 4) is 0 Å². The maximum atomic E-state index is 13.6. The van der Waals surface area contributed by atoms with Crippen LogP contribution in [-0.4, -0.2) is 10.7 Å². The largest absolute Gasteiger partial charge is 0.298 e. The number of hydrogen-bond donors (Lipinski definition) is 0. The van der Waals surface area contributed by atoms with Gasteiger partial charge in [-0.2, -0.15) is 4.39 Å². The molecule has 5 heteroatoms. The summed E-state index contributed by atoms with van der Waals surface area (Å²) in [5, 5.41) is 1.04. The van der Waals surface area contributed by atoms with E-state index in [-0.39, 0.29) is 5.95 Å². The normalized spacial score (nSPS) is 17.2. The van der Waals surface area contributed by atoms with E-state index in [4.69, 9.17) is 23.2 Å². The van der Waals surface area contributed by atoms with Crippen molar-refractivity contribution in [2.45, 2.75) is 6.54 Å². The number of benzene rings is 1. The fourth-order valence-electron chi connectivity index (χ4n) is 1.88. The predicted molar refractivity (Wildman–Crippen MR) is 67.4 cm³/mol. The number of hydrogen-bond acceptors (Lipinski definition) is 2. The van der Waals surface area contributed by atoms with E-state index in [1.165, 1.54) is 11.0 Å². The summed E-state index contributed by atoms with van der Waals surface area (Å²) in [6.45, 7) is 0.372. The first-order chi connectivity index (χ1) is 8.15. The van der Waals surface area contributed by atoms with Crippen LogP contribution < -0.4 is 0 Å². The van der Waals surface area contributed by atoms with E-state index in [1.807, 2.05) is 0 Å². The number of amidine groups is 1. The molecule has 0 spiro atoms. The molecular formula is C12H7Cl2FN2. The number of allylic oxidation sites excluding steroid dienone is 2. The second-order valence-electron chi connectivity index (χ2n) is 3.79. The monoisotopic (exact) mass is 268 g/mol. The number of aliphatic imine (C=N–C) groups is 1. The van der Waals surface area contributed by atoms with Crippen LogP contribution in [-0.2, 0) is 6.54 Å². The van der Waals surface area contributed by atoms with E-state index < -0.39 is 0 Å². The summed E-state index contributed by atoms with van der Waals surface area (Å²) in [6.07, 6.45) is 4.77. The third-order valence-corrected chi connectivity index (χ3v) is 3.26. The van der Waals surface area contributed by atoms with E-state index >= 15 is 0 Å². The third-order valence-electron chi connectivity index (χ3n) is 2.70. The average molecular weight is 269 g/mol. The van der Waals surface area contributed by atoms with Crippen LogP contribution in [0.1, 0.15) is 5.56 Å². The zero-order chi connectivity index (χ0) is 12.0. The van der Waals surface area contributed by atoms with Crippen LogP contribution in [0, 0.1) is 0 Å². The lowest BCUT2D eigenvalue weighted by Crippen LogP contribution is -2.31. The van der Waals surface area contributed by atoms with Gasteiger partial charge in [0.15, 0.2) is 5.95 Å². The van der Waals surface area contributed by atoms with Crippen molar-refractivity contribution in [2.24, 2.45) is 4.99 Å². The summed E-state index contributed by atoms with van der Waals surface area (Å²) in [4.78, 5) is 5.82. The van der Waals surface area contributed by atoms with Gasteiger partial charge in [-0.15, -0.1) is 0 Å². The number of fused-ring (bicyclic) bond motifs is 2. The van der Waals surface area contributed by atoms with E-state index in [0.717, 1.165) is 5.56 Å². The van der Waals surface area contributed by atoms with Crippen LogP contribution in [0.4, 0.5) is 10.1 Å². The number of rotatable bonds is 0. The van der Waals surface area contributed by atoms with Gasteiger partial charge in [-0.05, 0) is 24.3 Å². The second-order valence-corrected chi connectivity index (χ2v) is 4.63. The molecule has 17 heavy (non-hydrogen) atoms. The van der Waals surface area contributed by atoms with Crippen molar-refractivity contribution in [1.29, 1.82) is 0 Å². The van der Waals surface area contributed by atoms with Crippen LogP contribution in [0.25, 0.3) is 0 Å². The molecule has 0 atom stereocenters. The Morgan fingerprint density at radius 1 is 1.29 bits per heavy atom. The minimum Gasteiger partial charge on any atom is -0.298 e. The van der Waals surface area contributed by atoms with Crippen molar-refractivity contribution < 1.29 is 4.39 Å². The molecule has 0 saturated heterocycles. The molecule has 0 fully saturated rings. The summed E-state index contributed by atoms with van der Waals surface area (Å²) >= 11 is 12.0. The van der Waals surface area contributed by atoms with Gasteiger partial charge in [0.25, 0.3) is 0 Å². The van der Waals surface area contributed by atoms with Gasteiger partial charge in [0, 0.05) is 15.6 Å². The van der Waals surface area contributed by atoms with Crippen molar-refractivity contribution in [3.05, 3.63) is 51.9 Å². The third kappa shape index (κ3) is 1.75. The molecule has 2 nitrogen and oxygen atoms in total. The Labute approximate surface area is 108 Å². The minimum absolute atomic E-state index is 0.331. The molecular weight excluding hydrogens is 262 g/mol. The molecule has 3 rings (SSSR count). The number of nitrogens with zero attached hydrogens (tertiary/aromatic N) is 2. The van der Waals surface area contributed by atoms with Crippen LogP contribution >= 0.6 is 23.2 Å². The Morgan fingerprint density at radius 2 is 2.12 bits per heavy atom. The van der Waals surface area contributed by atoms with Crippen molar-refractivity contribution in [2.75, 3.05) is 0 Å². The highest BCUT2D eigenvalue weighted by atomic mass is 35.5. The fraction of sp³-hybridized carbons (Fsp3) is 0.0833. The highest BCUT2D eigenvalue weighted by Crippen LogP contribution is 2.37. The molecule has 0 radical (unpaired) electrons. The molecule has 0 N–H and O–H groups in total. The smallest absolute Gasteiger partial charge is 0.195 e. The summed E-state index contributed by atoms with van der Waals surface area (Å²) in [5.41, 5.74) is 1.49. The maximum Gasteiger partial charge on any atom is 0.195 e. The zero-order valence-electron chi connectivity index (χ0n) is 8.62. The topological polar surface area (TPSA) is 15.6 Å². The minimum atomic E-state index is -0.331. The molecule has 1 aromatic rings. The summed E-state index contributed by atoms with van der Waals surface area (Å²) in [7, 11) is 0. The lowest BCUT2D eigenvalue weighted by Gasteiger charge is -2.29. The van der Waals surface area contributed by atoms with Crippen LogP contribution in [0.5, 0.6) is 0 Å². The summed E-state index contributed by atoms with van der Waals surface area (Å²) in [5.74, 6) is 0.235. The first-order valence-corrected chi connectivity index (χ1v) is 5.79. The molecule has 0 amide bonds. The van der Waals surface area contributed by atoms with Crippen molar-refractivity contribution in [3.63, 3.8) is 0 Å². The lowest BCUT2D eigenvalue weighted by molar-refractivity contribution is 0.374. The van der Waals surface area contributed by atoms with Gasteiger partial charge in [0.2, 0.25) is 0 Å². The van der Waals surface area contributed by atoms with Gasteiger partial charge in [0.05, 0.1) is 12.2 Å². The fourth-order valence-corrected chi connectivity index (χ4v) is 2.43. The molecule has 2 heterocycles. The van der Waals surface area contributed by atoms with Gasteiger partial charge in [-0.25, -0.2) is 4.99 Å². The molecule has 86 valence electrons. The number of halogens is 3. The molecule has 1 aromatic carbocycles.